The normalized spacial score (nSPS) is 14.8. The van der Waals surface area contributed by atoms with Crippen molar-refractivity contribution in [3.63, 3.8) is 0 Å². The summed E-state index contributed by atoms with van der Waals surface area (Å²) in [6.45, 7) is 2.10. The molecule has 24 heavy (non-hydrogen) atoms. The Labute approximate surface area is 137 Å². The molecule has 122 valence electrons. The minimum Gasteiger partial charge on any atom is -0.357 e. The molecule has 1 saturated heterocycles. The van der Waals surface area contributed by atoms with Crippen LogP contribution in [0.5, 0.6) is 0 Å². The Morgan fingerprint density at radius 1 is 1.12 bits per heavy atom. The molecule has 0 bridgehead atoms. The number of nitrogens with one attached hydrogen (secondary N) is 1. The van der Waals surface area contributed by atoms with E-state index in [1.165, 1.54) is 31.7 Å². The fourth-order valence-corrected chi connectivity index (χ4v) is 2.76. The number of piperidine rings is 1. The molecule has 0 aliphatic carbocycles. The summed E-state index contributed by atoms with van der Waals surface area (Å²) in [5, 5.41) is 3.94. The van der Waals surface area contributed by atoms with E-state index in [1.807, 2.05) is 12.1 Å². The van der Waals surface area contributed by atoms with Crippen LogP contribution in [0, 0.1) is 0 Å². The first kappa shape index (κ1) is 14.6. The second kappa shape index (κ2) is 6.23. The Bertz CT molecular complexity index is 880. The third-order valence-electron chi connectivity index (χ3n) is 4.01. The molecule has 4 heterocycles. The van der Waals surface area contributed by atoms with Crippen LogP contribution in [0.1, 0.15) is 19.3 Å². The molecule has 0 spiro atoms. The molecule has 8 nitrogen and oxygen atoms in total. The molecule has 0 radical (unpaired) electrons. The van der Waals surface area contributed by atoms with E-state index in [0.29, 0.717) is 11.5 Å². The highest BCUT2D eigenvalue weighted by Gasteiger charge is 2.15. The van der Waals surface area contributed by atoms with Crippen molar-refractivity contribution < 1.29 is 4.52 Å². The summed E-state index contributed by atoms with van der Waals surface area (Å²) in [6, 6.07) is 5.22. The van der Waals surface area contributed by atoms with Crippen molar-refractivity contribution in [2.24, 2.45) is 0 Å². The molecule has 0 atom stereocenters. The number of H-pyrrole nitrogens is 1. The Morgan fingerprint density at radius 2 is 2.00 bits per heavy atom. The predicted octanol–water partition coefficient (Wildman–Crippen LogP) is 1.87. The van der Waals surface area contributed by atoms with Crippen LogP contribution in [0.3, 0.4) is 0 Å². The van der Waals surface area contributed by atoms with Crippen LogP contribution in [0.2, 0.25) is 0 Å². The van der Waals surface area contributed by atoms with Crippen molar-refractivity contribution in [1.29, 1.82) is 0 Å². The lowest BCUT2D eigenvalue weighted by atomic mass is 10.1. The van der Waals surface area contributed by atoms with E-state index in [1.54, 1.807) is 6.20 Å². The molecule has 3 aromatic rings. The zero-order valence-electron chi connectivity index (χ0n) is 13.0. The number of hydrogen-bond acceptors (Lipinski definition) is 7. The van der Waals surface area contributed by atoms with Gasteiger partial charge < -0.3 is 14.4 Å². The highest BCUT2D eigenvalue weighted by molar-refractivity contribution is 5.58. The molecule has 0 aromatic carbocycles. The summed E-state index contributed by atoms with van der Waals surface area (Å²) in [5.74, 6) is 1.60. The maximum Gasteiger partial charge on any atom is 0.277 e. The third kappa shape index (κ3) is 2.90. The minimum atomic E-state index is -0.271. The summed E-state index contributed by atoms with van der Waals surface area (Å²) in [4.78, 5) is 28.9. The van der Waals surface area contributed by atoms with Crippen molar-refractivity contribution in [3.8, 4) is 23.0 Å². The highest BCUT2D eigenvalue weighted by Crippen LogP contribution is 2.22. The van der Waals surface area contributed by atoms with E-state index in [4.69, 9.17) is 4.52 Å². The lowest BCUT2D eigenvalue weighted by molar-refractivity contribution is 0.431. The molecule has 3 aromatic heterocycles. The van der Waals surface area contributed by atoms with E-state index < -0.39 is 0 Å². The summed E-state index contributed by atoms with van der Waals surface area (Å²) < 4.78 is 5.19. The van der Waals surface area contributed by atoms with Gasteiger partial charge in [-0.15, -0.1) is 0 Å². The molecule has 4 rings (SSSR count). The number of aromatic amines is 1. The molecule has 0 unspecified atom stereocenters. The van der Waals surface area contributed by atoms with E-state index in [-0.39, 0.29) is 11.4 Å². The van der Waals surface area contributed by atoms with Gasteiger partial charge in [0.2, 0.25) is 5.82 Å². The Morgan fingerprint density at radius 3 is 2.75 bits per heavy atom. The highest BCUT2D eigenvalue weighted by atomic mass is 16.5. The van der Waals surface area contributed by atoms with Crippen LogP contribution in [0.25, 0.3) is 23.0 Å². The van der Waals surface area contributed by atoms with Gasteiger partial charge in [0, 0.05) is 30.9 Å². The molecule has 0 saturated carbocycles. The van der Waals surface area contributed by atoms with Crippen molar-refractivity contribution in [3.05, 3.63) is 41.1 Å². The first-order valence-corrected chi connectivity index (χ1v) is 7.90. The predicted molar refractivity (Wildman–Crippen MR) is 87.4 cm³/mol. The smallest absolute Gasteiger partial charge is 0.277 e. The average Bonchev–Trinajstić information content (AvgIpc) is 3.13. The third-order valence-corrected chi connectivity index (χ3v) is 4.01. The first-order valence-electron chi connectivity index (χ1n) is 7.90. The lowest BCUT2D eigenvalue weighted by Crippen LogP contribution is -2.29. The van der Waals surface area contributed by atoms with E-state index in [2.05, 4.69) is 30.0 Å². The summed E-state index contributed by atoms with van der Waals surface area (Å²) in [6.07, 6.45) is 6.75. The van der Waals surface area contributed by atoms with Gasteiger partial charge in [0.05, 0.1) is 6.33 Å². The van der Waals surface area contributed by atoms with E-state index in [9.17, 15) is 4.79 Å². The molecule has 1 N–H and O–H groups in total. The number of nitrogens with zero attached hydrogens (tertiary/aromatic N) is 5. The standard InChI is InChI=1S/C16H16N6O2/c23-14-8-12(18-10-19-14)16-20-15(21-24-16)11-4-5-13(17-9-11)22-6-2-1-3-7-22/h4-5,8-10H,1-3,6-7H2,(H,18,19,23). The topological polar surface area (TPSA) is 101 Å². The van der Waals surface area contributed by atoms with Gasteiger partial charge in [0.1, 0.15) is 11.5 Å². The zero-order chi connectivity index (χ0) is 16.4. The lowest BCUT2D eigenvalue weighted by Gasteiger charge is -2.27. The van der Waals surface area contributed by atoms with Gasteiger partial charge in [-0.1, -0.05) is 5.16 Å². The maximum atomic E-state index is 11.3. The molecular formula is C16H16N6O2. The molecule has 8 heteroatoms. The molecule has 1 fully saturated rings. The van der Waals surface area contributed by atoms with E-state index in [0.717, 1.165) is 24.5 Å². The largest absolute Gasteiger partial charge is 0.357 e. The van der Waals surface area contributed by atoms with Gasteiger partial charge in [0.15, 0.2) is 0 Å². The number of rotatable bonds is 3. The summed E-state index contributed by atoms with van der Waals surface area (Å²) in [5.41, 5.74) is 0.832. The number of hydrogen-bond donors (Lipinski definition) is 1. The van der Waals surface area contributed by atoms with Crippen LogP contribution in [0.4, 0.5) is 5.82 Å². The van der Waals surface area contributed by atoms with Gasteiger partial charge in [-0.25, -0.2) is 9.97 Å². The van der Waals surface area contributed by atoms with Crippen molar-refractivity contribution in [1.82, 2.24) is 25.1 Å². The summed E-state index contributed by atoms with van der Waals surface area (Å²) in [7, 11) is 0. The number of anilines is 1. The summed E-state index contributed by atoms with van der Waals surface area (Å²) >= 11 is 0. The second-order valence-electron chi connectivity index (χ2n) is 5.67. The molecule has 0 amide bonds. The number of pyridine rings is 1. The Balaban J connectivity index is 1.57. The van der Waals surface area contributed by atoms with E-state index >= 15 is 0 Å². The van der Waals surface area contributed by atoms with Crippen molar-refractivity contribution in [2.45, 2.75) is 19.3 Å². The monoisotopic (exact) mass is 324 g/mol. The SMILES string of the molecule is O=c1cc(-c2nc(-c3ccc(N4CCCCC4)nc3)no2)nc[nH]1. The van der Waals surface area contributed by atoms with Crippen LogP contribution >= 0.6 is 0 Å². The van der Waals surface area contributed by atoms with Gasteiger partial charge in [0.25, 0.3) is 11.4 Å². The molecule has 1 aliphatic rings. The quantitative estimate of drug-likeness (QED) is 0.784. The Kier molecular flexibility index (Phi) is 3.78. The second-order valence-corrected chi connectivity index (χ2v) is 5.67. The first-order chi connectivity index (χ1) is 11.8. The fraction of sp³-hybridized carbons (Fsp3) is 0.312. The van der Waals surface area contributed by atoms with Gasteiger partial charge >= 0.3 is 0 Å². The van der Waals surface area contributed by atoms with Gasteiger partial charge in [-0.2, -0.15) is 4.98 Å². The van der Waals surface area contributed by atoms with Crippen LogP contribution < -0.4 is 10.5 Å². The average molecular weight is 324 g/mol. The Hall–Kier alpha value is -3.03. The fourth-order valence-electron chi connectivity index (χ4n) is 2.76. The molecule has 1 aliphatic heterocycles. The minimum absolute atomic E-state index is 0.205. The maximum absolute atomic E-state index is 11.3. The number of aromatic nitrogens is 5. The van der Waals surface area contributed by atoms with Gasteiger partial charge in [-0.3, -0.25) is 4.79 Å². The van der Waals surface area contributed by atoms with Crippen molar-refractivity contribution >= 4 is 5.82 Å². The van der Waals surface area contributed by atoms with Gasteiger partial charge in [-0.05, 0) is 31.4 Å². The zero-order valence-corrected chi connectivity index (χ0v) is 13.0. The molecular weight excluding hydrogens is 308 g/mol. The van der Waals surface area contributed by atoms with Crippen molar-refractivity contribution in [2.75, 3.05) is 18.0 Å². The van der Waals surface area contributed by atoms with Crippen LogP contribution in [0.15, 0.2) is 40.0 Å². The van der Waals surface area contributed by atoms with Crippen LogP contribution in [-0.2, 0) is 0 Å². The van der Waals surface area contributed by atoms with Crippen LogP contribution in [-0.4, -0.2) is 38.2 Å².